The van der Waals surface area contributed by atoms with Crippen molar-refractivity contribution in [1.82, 2.24) is 15.5 Å². The molecule has 2 aliphatic heterocycles. The molecule has 168 valence electrons. The van der Waals surface area contributed by atoms with Gasteiger partial charge in [-0.25, -0.2) is 4.79 Å². The Morgan fingerprint density at radius 2 is 1.84 bits per heavy atom. The number of rotatable bonds is 5. The van der Waals surface area contributed by atoms with Crippen LogP contribution in [0.15, 0.2) is 18.2 Å². The van der Waals surface area contributed by atoms with E-state index < -0.39 is 35.9 Å². The lowest BCUT2D eigenvalue weighted by molar-refractivity contribution is -0.192. The number of hydrogen-bond donors (Lipinski definition) is 4. The zero-order chi connectivity index (χ0) is 23.3. The van der Waals surface area contributed by atoms with E-state index >= 15 is 0 Å². The maximum absolute atomic E-state index is 12.8. The van der Waals surface area contributed by atoms with Crippen molar-refractivity contribution in [3.8, 4) is 0 Å². The van der Waals surface area contributed by atoms with Crippen molar-refractivity contribution in [2.24, 2.45) is 0 Å². The number of aliphatic carboxylic acids is 1. The fraction of sp³-hybridized carbons (Fsp3) is 0.389. The second-order valence-corrected chi connectivity index (χ2v) is 6.51. The van der Waals surface area contributed by atoms with Crippen LogP contribution in [0, 0.1) is 0 Å². The Morgan fingerprint density at radius 3 is 2.39 bits per heavy atom. The molecular weight excluding hydrogens is 425 g/mol. The number of nitrogens with one attached hydrogen (secondary N) is 3. The Labute approximate surface area is 173 Å². The van der Waals surface area contributed by atoms with Gasteiger partial charge in [0.15, 0.2) is 0 Å². The van der Waals surface area contributed by atoms with Gasteiger partial charge in [-0.15, -0.1) is 0 Å². The first-order valence-electron chi connectivity index (χ1n) is 9.02. The van der Waals surface area contributed by atoms with Crippen LogP contribution in [0.25, 0.3) is 0 Å². The predicted molar refractivity (Wildman–Crippen MR) is 99.2 cm³/mol. The molecule has 4 amide bonds. The average Bonchev–Trinajstić information content (AvgIpc) is 2.93. The van der Waals surface area contributed by atoms with Crippen LogP contribution in [0.2, 0.25) is 0 Å². The molecule has 1 saturated heterocycles. The third-order valence-electron chi connectivity index (χ3n) is 4.40. The maximum atomic E-state index is 12.8. The minimum atomic E-state index is -5.08. The molecule has 1 aromatic carbocycles. The summed E-state index contributed by atoms with van der Waals surface area (Å²) in [4.78, 5) is 58.6. The summed E-state index contributed by atoms with van der Waals surface area (Å²) in [7, 11) is 1.82. The molecule has 10 nitrogen and oxygen atoms in total. The number of alkyl halides is 3. The molecule has 0 saturated carbocycles. The Hall–Kier alpha value is -3.48. The van der Waals surface area contributed by atoms with Gasteiger partial charge in [0, 0.05) is 25.2 Å². The number of carbonyl (C=O) groups excluding carboxylic acids is 4. The number of hydrogen-bond acceptors (Lipinski definition) is 7. The highest BCUT2D eigenvalue weighted by Gasteiger charge is 2.45. The number of anilines is 1. The first kappa shape index (κ1) is 23.8. The first-order chi connectivity index (χ1) is 14.5. The molecule has 13 heteroatoms. The topological polar surface area (TPSA) is 145 Å². The molecule has 0 aromatic heterocycles. The molecule has 4 N–H and O–H groups in total. The van der Waals surface area contributed by atoms with Crippen LogP contribution in [0.5, 0.6) is 0 Å². The van der Waals surface area contributed by atoms with Gasteiger partial charge in [0.1, 0.15) is 6.04 Å². The van der Waals surface area contributed by atoms with Crippen LogP contribution in [-0.2, 0) is 14.4 Å². The van der Waals surface area contributed by atoms with Gasteiger partial charge in [0.05, 0.1) is 11.1 Å². The highest BCUT2D eigenvalue weighted by Crippen LogP contribution is 2.32. The molecule has 0 bridgehead atoms. The lowest BCUT2D eigenvalue weighted by atomic mass is 10.0. The fourth-order valence-corrected chi connectivity index (χ4v) is 2.98. The van der Waals surface area contributed by atoms with Crippen molar-refractivity contribution in [3.05, 3.63) is 29.3 Å². The normalized spacial score (nSPS) is 18.2. The van der Waals surface area contributed by atoms with Crippen molar-refractivity contribution < 1.29 is 42.3 Å². The molecule has 2 aliphatic rings. The molecule has 1 unspecified atom stereocenters. The molecule has 0 radical (unpaired) electrons. The van der Waals surface area contributed by atoms with Gasteiger partial charge in [0.25, 0.3) is 11.8 Å². The van der Waals surface area contributed by atoms with Crippen LogP contribution in [-0.4, -0.2) is 72.0 Å². The average molecular weight is 444 g/mol. The summed E-state index contributed by atoms with van der Waals surface area (Å²) in [6.07, 6.45) is -4.82. The van der Waals surface area contributed by atoms with Crippen molar-refractivity contribution >= 4 is 35.3 Å². The summed E-state index contributed by atoms with van der Waals surface area (Å²) < 4.78 is 31.7. The molecular formula is C18H19F3N4O6. The number of nitrogens with zero attached hydrogens (tertiary/aromatic N) is 1. The van der Waals surface area contributed by atoms with Gasteiger partial charge in [-0.2, -0.15) is 13.2 Å². The molecule has 0 spiro atoms. The van der Waals surface area contributed by atoms with E-state index in [2.05, 4.69) is 16.0 Å². The maximum Gasteiger partial charge on any atom is 0.490 e. The lowest BCUT2D eigenvalue weighted by Gasteiger charge is -2.27. The number of halogens is 3. The van der Waals surface area contributed by atoms with Gasteiger partial charge in [-0.3, -0.25) is 29.4 Å². The molecule has 1 fully saturated rings. The van der Waals surface area contributed by atoms with E-state index in [9.17, 15) is 32.3 Å². The van der Waals surface area contributed by atoms with E-state index in [0.717, 1.165) is 4.90 Å². The monoisotopic (exact) mass is 444 g/mol. The largest absolute Gasteiger partial charge is 0.490 e. The second-order valence-electron chi connectivity index (χ2n) is 6.51. The van der Waals surface area contributed by atoms with Gasteiger partial charge in [0.2, 0.25) is 11.8 Å². The SMILES string of the molecule is CNCCNc1cccc2c1C(=O)N(C1CCC(=O)NC1=O)C2=O.O=C(O)C(F)(F)F. The molecule has 0 aliphatic carbocycles. The first-order valence-corrected chi connectivity index (χ1v) is 9.02. The summed E-state index contributed by atoms with van der Waals surface area (Å²) in [5, 5.41) is 15.4. The number of amides is 4. The number of carboxylic acid groups (broad SMARTS) is 1. The fourth-order valence-electron chi connectivity index (χ4n) is 2.98. The lowest BCUT2D eigenvalue weighted by Crippen LogP contribution is -2.54. The van der Waals surface area contributed by atoms with Crippen LogP contribution < -0.4 is 16.0 Å². The van der Waals surface area contributed by atoms with Crippen LogP contribution in [0.3, 0.4) is 0 Å². The van der Waals surface area contributed by atoms with E-state index in [1.54, 1.807) is 18.2 Å². The van der Waals surface area contributed by atoms with Crippen molar-refractivity contribution in [1.29, 1.82) is 0 Å². The molecule has 2 heterocycles. The van der Waals surface area contributed by atoms with E-state index in [1.165, 1.54) is 0 Å². The molecule has 31 heavy (non-hydrogen) atoms. The van der Waals surface area contributed by atoms with Gasteiger partial charge in [-0.1, -0.05) is 6.07 Å². The highest BCUT2D eigenvalue weighted by molar-refractivity contribution is 6.25. The van der Waals surface area contributed by atoms with Crippen molar-refractivity contribution in [2.45, 2.75) is 25.1 Å². The van der Waals surface area contributed by atoms with Gasteiger partial charge >= 0.3 is 12.1 Å². The third kappa shape index (κ3) is 5.36. The minimum absolute atomic E-state index is 0.108. The Morgan fingerprint density at radius 1 is 1.19 bits per heavy atom. The second kappa shape index (κ2) is 9.55. The zero-order valence-electron chi connectivity index (χ0n) is 16.2. The number of benzene rings is 1. The quantitative estimate of drug-likeness (QED) is 0.376. The number of imide groups is 2. The Balaban J connectivity index is 0.000000423. The van der Waals surface area contributed by atoms with Crippen LogP contribution in [0.4, 0.5) is 18.9 Å². The summed E-state index contributed by atoms with van der Waals surface area (Å²) in [6, 6.07) is 4.05. The van der Waals surface area contributed by atoms with E-state index in [4.69, 9.17) is 9.90 Å². The Bertz CT molecular complexity index is 918. The van der Waals surface area contributed by atoms with E-state index in [-0.39, 0.29) is 29.9 Å². The Kier molecular flexibility index (Phi) is 7.33. The van der Waals surface area contributed by atoms with E-state index in [0.29, 0.717) is 18.8 Å². The highest BCUT2D eigenvalue weighted by atomic mass is 19.4. The number of likely N-dealkylation sites (N-methyl/N-ethyl adjacent to an activating group) is 1. The zero-order valence-corrected chi connectivity index (χ0v) is 16.2. The number of carboxylic acids is 1. The van der Waals surface area contributed by atoms with Gasteiger partial charge in [-0.05, 0) is 25.6 Å². The van der Waals surface area contributed by atoms with Gasteiger partial charge < -0.3 is 15.7 Å². The van der Waals surface area contributed by atoms with E-state index in [1.807, 2.05) is 7.05 Å². The molecule has 1 aromatic rings. The smallest absolute Gasteiger partial charge is 0.475 e. The summed E-state index contributed by atoms with van der Waals surface area (Å²) in [5.74, 6) is -4.75. The number of fused-ring (bicyclic) bond motifs is 1. The van der Waals surface area contributed by atoms with Crippen molar-refractivity contribution in [3.63, 3.8) is 0 Å². The third-order valence-corrected chi connectivity index (χ3v) is 4.40. The minimum Gasteiger partial charge on any atom is -0.475 e. The molecule has 3 rings (SSSR count). The number of piperidine rings is 1. The van der Waals surface area contributed by atoms with Crippen LogP contribution in [0.1, 0.15) is 33.6 Å². The standard InChI is InChI=1S/C16H18N4O4.C2HF3O2/c1-17-7-8-18-10-4-2-3-9-13(10)16(24)20(15(9)23)11-5-6-12(21)19-14(11)22;3-2(4,5)1(6)7/h2-4,11,17-18H,5-8H2,1H3,(H,19,21,22);(H,6,7). The summed E-state index contributed by atoms with van der Waals surface area (Å²) in [5.41, 5.74) is 1.12. The van der Waals surface area contributed by atoms with Crippen LogP contribution >= 0.6 is 0 Å². The predicted octanol–water partition coefficient (Wildman–Crippen LogP) is 0.352. The molecule has 1 atom stereocenters. The van der Waals surface area contributed by atoms with Crippen molar-refractivity contribution in [2.75, 3.05) is 25.5 Å². The summed E-state index contributed by atoms with van der Waals surface area (Å²) in [6.45, 7) is 1.29. The number of carbonyl (C=O) groups is 5. The summed E-state index contributed by atoms with van der Waals surface area (Å²) >= 11 is 0.